The second kappa shape index (κ2) is 27.4. The molecule has 0 aromatic heterocycles. The SMILES string of the molecule is CCCCCCCC(=O)[O-].CCCCCCCC(=O)[O-].[K+].[Na+]. The van der Waals surface area contributed by atoms with E-state index in [9.17, 15) is 19.8 Å². The van der Waals surface area contributed by atoms with Gasteiger partial charge in [-0.05, 0) is 25.7 Å². The first-order valence-electron chi connectivity index (χ1n) is 7.94. The molecule has 6 heteroatoms. The molecule has 22 heavy (non-hydrogen) atoms. The summed E-state index contributed by atoms with van der Waals surface area (Å²) in [5, 5.41) is 19.8. The molecule has 0 aliphatic heterocycles. The van der Waals surface area contributed by atoms with Crippen LogP contribution in [-0.4, -0.2) is 11.9 Å². The monoisotopic (exact) mass is 348 g/mol. The molecule has 0 N–H and O–H groups in total. The zero-order valence-corrected chi connectivity index (χ0v) is 20.2. The van der Waals surface area contributed by atoms with Gasteiger partial charge in [0.1, 0.15) is 0 Å². The van der Waals surface area contributed by atoms with E-state index in [0.29, 0.717) is 0 Å². The summed E-state index contributed by atoms with van der Waals surface area (Å²) in [6.45, 7) is 4.28. The Kier molecular flexibility index (Phi) is 39.1. The van der Waals surface area contributed by atoms with Crippen LogP contribution in [0.1, 0.15) is 90.9 Å². The molecule has 0 spiro atoms. The van der Waals surface area contributed by atoms with E-state index < -0.39 is 11.9 Å². The number of rotatable bonds is 12. The molecule has 0 fully saturated rings. The van der Waals surface area contributed by atoms with Crippen LogP contribution >= 0.6 is 0 Å². The van der Waals surface area contributed by atoms with E-state index in [1.165, 1.54) is 25.7 Å². The predicted octanol–water partition coefficient (Wildman–Crippen LogP) is -3.80. The molecule has 0 atom stereocenters. The fraction of sp³-hybridized carbons (Fsp3) is 0.875. The number of unbranched alkanes of at least 4 members (excludes halogenated alkanes) is 8. The molecule has 0 aliphatic carbocycles. The number of aliphatic carboxylic acids is 2. The largest absolute Gasteiger partial charge is 1.00 e. The van der Waals surface area contributed by atoms with Crippen LogP contribution in [0.5, 0.6) is 0 Å². The normalized spacial score (nSPS) is 8.82. The average Bonchev–Trinajstić information content (AvgIpc) is 2.38. The maximum atomic E-state index is 9.92. The first-order chi connectivity index (χ1) is 9.54. The Balaban J connectivity index is -0.000000135. The molecule has 0 heterocycles. The summed E-state index contributed by atoms with van der Waals surface area (Å²) in [5.41, 5.74) is 0. The van der Waals surface area contributed by atoms with Gasteiger partial charge in [-0.25, -0.2) is 0 Å². The number of hydrogen-bond donors (Lipinski definition) is 0. The van der Waals surface area contributed by atoms with Gasteiger partial charge in [0.15, 0.2) is 0 Å². The number of carboxylic acids is 2. The van der Waals surface area contributed by atoms with Crippen LogP contribution in [0, 0.1) is 0 Å². The van der Waals surface area contributed by atoms with Gasteiger partial charge < -0.3 is 19.8 Å². The van der Waals surface area contributed by atoms with Crippen molar-refractivity contribution in [3.05, 3.63) is 0 Å². The zero-order valence-electron chi connectivity index (χ0n) is 15.1. The summed E-state index contributed by atoms with van der Waals surface area (Å²) in [5.74, 6) is -1.84. The van der Waals surface area contributed by atoms with Crippen molar-refractivity contribution in [3.8, 4) is 0 Å². The Bertz CT molecular complexity index is 214. The summed E-state index contributed by atoms with van der Waals surface area (Å²) in [4.78, 5) is 19.8. The van der Waals surface area contributed by atoms with E-state index in [0.717, 1.165) is 38.5 Å². The van der Waals surface area contributed by atoms with Crippen LogP contribution in [0.4, 0.5) is 0 Å². The van der Waals surface area contributed by atoms with Gasteiger partial charge in [0, 0.05) is 11.9 Å². The second-order valence-corrected chi connectivity index (χ2v) is 5.07. The van der Waals surface area contributed by atoms with Gasteiger partial charge in [0.2, 0.25) is 0 Å². The fourth-order valence-corrected chi connectivity index (χ4v) is 1.75. The molecule has 0 aromatic carbocycles. The van der Waals surface area contributed by atoms with Gasteiger partial charge in [-0.15, -0.1) is 0 Å². The number of carboxylic acid groups (broad SMARTS) is 2. The quantitative estimate of drug-likeness (QED) is 0.268. The first-order valence-corrected chi connectivity index (χ1v) is 7.94. The van der Waals surface area contributed by atoms with Crippen LogP contribution in [-0.2, 0) is 9.59 Å². The van der Waals surface area contributed by atoms with Crippen molar-refractivity contribution >= 4 is 11.9 Å². The molecule has 0 rings (SSSR count). The van der Waals surface area contributed by atoms with Gasteiger partial charge in [0.05, 0.1) is 0 Å². The van der Waals surface area contributed by atoms with Gasteiger partial charge in [-0.1, -0.05) is 65.2 Å². The summed E-state index contributed by atoms with van der Waals surface area (Å²) in [7, 11) is 0. The van der Waals surface area contributed by atoms with E-state index in [1.807, 2.05) is 0 Å². The molecule has 4 nitrogen and oxygen atoms in total. The van der Waals surface area contributed by atoms with Gasteiger partial charge in [-0.3, -0.25) is 0 Å². The minimum Gasteiger partial charge on any atom is -0.550 e. The maximum absolute atomic E-state index is 9.92. The molecule has 0 radical (unpaired) electrons. The van der Waals surface area contributed by atoms with E-state index in [2.05, 4.69) is 13.8 Å². The average molecular weight is 348 g/mol. The predicted molar refractivity (Wildman–Crippen MR) is 76.8 cm³/mol. The Morgan fingerprint density at radius 1 is 0.636 bits per heavy atom. The van der Waals surface area contributed by atoms with Crippen LogP contribution in [0.15, 0.2) is 0 Å². The third kappa shape index (κ3) is 37.7. The Morgan fingerprint density at radius 3 is 1.14 bits per heavy atom. The van der Waals surface area contributed by atoms with E-state index >= 15 is 0 Å². The molecule has 120 valence electrons. The fourth-order valence-electron chi connectivity index (χ4n) is 1.75. The Labute approximate surface area is 200 Å². The summed E-state index contributed by atoms with van der Waals surface area (Å²) >= 11 is 0. The molecule has 0 aliphatic rings. The molecular weight excluding hydrogens is 318 g/mol. The third-order valence-electron chi connectivity index (χ3n) is 2.97. The summed E-state index contributed by atoms with van der Waals surface area (Å²) in [6, 6.07) is 0. The van der Waals surface area contributed by atoms with Crippen LogP contribution in [0.25, 0.3) is 0 Å². The summed E-state index contributed by atoms with van der Waals surface area (Å²) < 4.78 is 0. The Morgan fingerprint density at radius 2 is 0.909 bits per heavy atom. The topological polar surface area (TPSA) is 80.3 Å². The van der Waals surface area contributed by atoms with Crippen LogP contribution < -0.4 is 91.2 Å². The molecular formula is C16H30KNaO4. The van der Waals surface area contributed by atoms with Crippen molar-refractivity contribution in [2.75, 3.05) is 0 Å². The number of carbonyl (C=O) groups is 2. The second-order valence-electron chi connectivity index (χ2n) is 5.07. The maximum Gasteiger partial charge on any atom is 1.00 e. The smallest absolute Gasteiger partial charge is 0.550 e. The molecule has 0 aromatic rings. The third-order valence-corrected chi connectivity index (χ3v) is 2.97. The molecule has 0 amide bonds. The molecule has 0 unspecified atom stereocenters. The first kappa shape index (κ1) is 31.4. The number of hydrogen-bond acceptors (Lipinski definition) is 4. The number of carbonyl (C=O) groups excluding carboxylic acids is 2. The van der Waals surface area contributed by atoms with Crippen LogP contribution in [0.2, 0.25) is 0 Å². The van der Waals surface area contributed by atoms with Gasteiger partial charge in [0.25, 0.3) is 0 Å². The van der Waals surface area contributed by atoms with Crippen molar-refractivity contribution in [1.82, 2.24) is 0 Å². The van der Waals surface area contributed by atoms with Crippen molar-refractivity contribution in [2.24, 2.45) is 0 Å². The standard InChI is InChI=1S/2C8H16O2.K.Na/c2*1-2-3-4-5-6-7-8(9)10;;/h2*2-7H2,1H3,(H,9,10);;/q;;2*+1/p-2. The minimum atomic E-state index is -0.920. The van der Waals surface area contributed by atoms with Crippen molar-refractivity contribution in [1.29, 1.82) is 0 Å². The van der Waals surface area contributed by atoms with Gasteiger partial charge >= 0.3 is 80.9 Å². The molecule has 0 saturated heterocycles. The molecule has 0 bridgehead atoms. The van der Waals surface area contributed by atoms with Crippen molar-refractivity contribution < 1.29 is 101 Å². The molecule has 0 saturated carbocycles. The van der Waals surface area contributed by atoms with Crippen molar-refractivity contribution in [2.45, 2.75) is 90.9 Å². The van der Waals surface area contributed by atoms with E-state index in [1.54, 1.807) is 0 Å². The van der Waals surface area contributed by atoms with Crippen LogP contribution in [0.3, 0.4) is 0 Å². The minimum absolute atomic E-state index is 0. The van der Waals surface area contributed by atoms with Crippen molar-refractivity contribution in [3.63, 3.8) is 0 Å². The Hall–Kier alpha value is 1.58. The zero-order chi connectivity index (χ0) is 15.6. The van der Waals surface area contributed by atoms with E-state index in [-0.39, 0.29) is 93.8 Å². The van der Waals surface area contributed by atoms with Gasteiger partial charge in [-0.2, -0.15) is 0 Å². The summed E-state index contributed by atoms with van der Waals surface area (Å²) in [6.07, 6.45) is 11.2. The van der Waals surface area contributed by atoms with E-state index in [4.69, 9.17) is 0 Å².